The average Bonchev–Trinajstić information content (AvgIpc) is 3.10. The summed E-state index contributed by atoms with van der Waals surface area (Å²) >= 11 is 0. The molecule has 0 unspecified atom stereocenters. The van der Waals surface area contributed by atoms with E-state index in [1.165, 1.54) is 0 Å². The van der Waals surface area contributed by atoms with Crippen LogP contribution in [0.1, 0.15) is 19.3 Å². The predicted molar refractivity (Wildman–Crippen MR) is 103 cm³/mol. The molecule has 1 heterocycles. The molecule has 1 amide bonds. The second-order valence-corrected chi connectivity index (χ2v) is 6.03. The standard InChI is InChI=1S/C21H23N3O2/c1-26-15-9-8-14-21(25)22-20-16-19(17-10-4-2-5-11-17)23-24(20)18-12-6-3-7-13-18/h2-7,10-13,16H,8-9,14-15H2,1H3,(H,22,25). The summed E-state index contributed by atoms with van der Waals surface area (Å²) in [5, 5.41) is 7.69. The van der Waals surface area contributed by atoms with Crippen LogP contribution in [0.25, 0.3) is 16.9 Å². The van der Waals surface area contributed by atoms with E-state index in [1.54, 1.807) is 11.8 Å². The van der Waals surface area contributed by atoms with Gasteiger partial charge in [0.05, 0.1) is 11.4 Å². The first-order chi connectivity index (χ1) is 12.8. The molecule has 1 aromatic heterocycles. The highest BCUT2D eigenvalue weighted by Gasteiger charge is 2.13. The van der Waals surface area contributed by atoms with Crippen molar-refractivity contribution in [3.8, 4) is 16.9 Å². The number of amides is 1. The number of aromatic nitrogens is 2. The topological polar surface area (TPSA) is 56.1 Å². The third kappa shape index (κ3) is 4.58. The van der Waals surface area contributed by atoms with Crippen LogP contribution < -0.4 is 5.32 Å². The average molecular weight is 349 g/mol. The summed E-state index contributed by atoms with van der Waals surface area (Å²) in [6, 6.07) is 21.7. The molecule has 134 valence electrons. The Hall–Kier alpha value is -2.92. The highest BCUT2D eigenvalue weighted by atomic mass is 16.5. The molecule has 0 aliphatic carbocycles. The Kier molecular flexibility index (Phi) is 6.17. The SMILES string of the molecule is COCCCCC(=O)Nc1cc(-c2ccccc2)nn1-c1ccccc1. The Balaban J connectivity index is 1.83. The second kappa shape index (κ2) is 8.97. The van der Waals surface area contributed by atoms with Crippen LogP contribution >= 0.6 is 0 Å². The zero-order valence-electron chi connectivity index (χ0n) is 14.9. The van der Waals surface area contributed by atoms with Crippen molar-refractivity contribution in [2.45, 2.75) is 19.3 Å². The lowest BCUT2D eigenvalue weighted by Crippen LogP contribution is -2.14. The Bertz CT molecular complexity index is 829. The van der Waals surface area contributed by atoms with Crippen molar-refractivity contribution in [2.24, 2.45) is 0 Å². The van der Waals surface area contributed by atoms with Gasteiger partial charge in [0.2, 0.25) is 5.91 Å². The van der Waals surface area contributed by atoms with Crippen LogP contribution in [0.4, 0.5) is 5.82 Å². The van der Waals surface area contributed by atoms with Crippen molar-refractivity contribution in [3.63, 3.8) is 0 Å². The lowest BCUT2D eigenvalue weighted by molar-refractivity contribution is -0.116. The van der Waals surface area contributed by atoms with E-state index in [0.717, 1.165) is 29.8 Å². The number of rotatable bonds is 8. The molecule has 0 saturated carbocycles. The molecule has 0 fully saturated rings. The van der Waals surface area contributed by atoms with Gasteiger partial charge in [0, 0.05) is 31.8 Å². The van der Waals surface area contributed by atoms with E-state index < -0.39 is 0 Å². The van der Waals surface area contributed by atoms with E-state index in [1.807, 2.05) is 66.7 Å². The lowest BCUT2D eigenvalue weighted by Gasteiger charge is -2.08. The van der Waals surface area contributed by atoms with Gasteiger partial charge in [-0.1, -0.05) is 48.5 Å². The first-order valence-corrected chi connectivity index (χ1v) is 8.77. The summed E-state index contributed by atoms with van der Waals surface area (Å²) < 4.78 is 6.80. The number of carbonyl (C=O) groups is 1. The molecule has 0 aliphatic heterocycles. The number of anilines is 1. The number of hydrogen-bond donors (Lipinski definition) is 1. The number of nitrogens with one attached hydrogen (secondary N) is 1. The minimum absolute atomic E-state index is 0.0159. The van der Waals surface area contributed by atoms with Crippen LogP contribution in [0.3, 0.4) is 0 Å². The van der Waals surface area contributed by atoms with Crippen LogP contribution in [0.2, 0.25) is 0 Å². The largest absolute Gasteiger partial charge is 0.385 e. The molecule has 0 bridgehead atoms. The van der Waals surface area contributed by atoms with Crippen molar-refractivity contribution in [1.82, 2.24) is 9.78 Å². The van der Waals surface area contributed by atoms with Crippen LogP contribution in [0.5, 0.6) is 0 Å². The number of para-hydroxylation sites is 1. The molecule has 2 aromatic carbocycles. The fourth-order valence-electron chi connectivity index (χ4n) is 2.72. The van der Waals surface area contributed by atoms with Gasteiger partial charge in [-0.3, -0.25) is 4.79 Å². The number of nitrogens with zero attached hydrogens (tertiary/aromatic N) is 2. The third-order valence-corrected chi connectivity index (χ3v) is 4.05. The monoisotopic (exact) mass is 349 g/mol. The minimum Gasteiger partial charge on any atom is -0.385 e. The van der Waals surface area contributed by atoms with Gasteiger partial charge in [0.15, 0.2) is 0 Å². The van der Waals surface area contributed by atoms with Crippen LogP contribution in [-0.2, 0) is 9.53 Å². The molecule has 5 heteroatoms. The molecule has 0 atom stereocenters. The van der Waals surface area contributed by atoms with E-state index in [4.69, 9.17) is 9.84 Å². The maximum Gasteiger partial charge on any atom is 0.225 e. The molecule has 1 N–H and O–H groups in total. The van der Waals surface area contributed by atoms with Gasteiger partial charge < -0.3 is 10.1 Å². The maximum absolute atomic E-state index is 12.3. The molecule has 3 aromatic rings. The molecule has 0 saturated heterocycles. The van der Waals surface area contributed by atoms with Gasteiger partial charge in [0.1, 0.15) is 5.82 Å². The van der Waals surface area contributed by atoms with Crippen molar-refractivity contribution >= 4 is 11.7 Å². The second-order valence-electron chi connectivity index (χ2n) is 6.03. The lowest BCUT2D eigenvalue weighted by atomic mass is 10.1. The quantitative estimate of drug-likeness (QED) is 0.617. The van der Waals surface area contributed by atoms with E-state index >= 15 is 0 Å². The smallest absolute Gasteiger partial charge is 0.225 e. The van der Waals surface area contributed by atoms with E-state index in [0.29, 0.717) is 18.8 Å². The first kappa shape index (κ1) is 17.9. The van der Waals surface area contributed by atoms with Crippen LogP contribution in [0.15, 0.2) is 66.7 Å². The summed E-state index contributed by atoms with van der Waals surface area (Å²) in [4.78, 5) is 12.3. The highest BCUT2D eigenvalue weighted by Crippen LogP contribution is 2.24. The first-order valence-electron chi connectivity index (χ1n) is 8.77. The molecule has 0 aliphatic rings. The number of unbranched alkanes of at least 4 members (excludes halogenated alkanes) is 1. The molecule has 0 spiro atoms. The summed E-state index contributed by atoms with van der Waals surface area (Å²) in [6.45, 7) is 0.674. The van der Waals surface area contributed by atoms with Crippen molar-refractivity contribution in [3.05, 3.63) is 66.7 Å². The number of hydrogen-bond acceptors (Lipinski definition) is 3. The molecule has 3 rings (SSSR count). The number of carbonyl (C=O) groups excluding carboxylic acids is 1. The van der Waals surface area contributed by atoms with Crippen molar-refractivity contribution in [2.75, 3.05) is 19.0 Å². The minimum atomic E-state index is -0.0159. The Labute approximate surface area is 153 Å². The Morgan fingerprint density at radius 2 is 1.73 bits per heavy atom. The van der Waals surface area contributed by atoms with E-state index in [9.17, 15) is 4.79 Å². The fourth-order valence-corrected chi connectivity index (χ4v) is 2.72. The van der Waals surface area contributed by atoms with Gasteiger partial charge >= 0.3 is 0 Å². The summed E-state index contributed by atoms with van der Waals surface area (Å²) in [5.74, 6) is 0.657. The van der Waals surface area contributed by atoms with Gasteiger partial charge in [-0.25, -0.2) is 4.68 Å². The number of benzene rings is 2. The van der Waals surface area contributed by atoms with Crippen molar-refractivity contribution in [1.29, 1.82) is 0 Å². The van der Waals surface area contributed by atoms with Gasteiger partial charge in [-0.05, 0) is 25.0 Å². The predicted octanol–water partition coefficient (Wildman–Crippen LogP) is 4.29. The normalized spacial score (nSPS) is 10.7. The highest BCUT2D eigenvalue weighted by molar-refractivity contribution is 5.90. The third-order valence-electron chi connectivity index (χ3n) is 4.05. The summed E-state index contributed by atoms with van der Waals surface area (Å²) in [6.07, 6.45) is 2.13. The number of methoxy groups -OCH3 is 1. The summed E-state index contributed by atoms with van der Waals surface area (Å²) in [7, 11) is 1.67. The zero-order chi connectivity index (χ0) is 18.2. The number of ether oxygens (including phenoxy) is 1. The van der Waals surface area contributed by atoms with Gasteiger partial charge in [-0.15, -0.1) is 0 Å². The Morgan fingerprint density at radius 1 is 1.04 bits per heavy atom. The molecular weight excluding hydrogens is 326 g/mol. The van der Waals surface area contributed by atoms with E-state index in [-0.39, 0.29) is 5.91 Å². The Morgan fingerprint density at radius 3 is 2.42 bits per heavy atom. The van der Waals surface area contributed by atoms with Crippen LogP contribution in [0, 0.1) is 0 Å². The van der Waals surface area contributed by atoms with Crippen LogP contribution in [-0.4, -0.2) is 29.4 Å². The maximum atomic E-state index is 12.3. The molecule has 0 radical (unpaired) electrons. The van der Waals surface area contributed by atoms with Gasteiger partial charge in [0.25, 0.3) is 0 Å². The van der Waals surface area contributed by atoms with Crippen molar-refractivity contribution < 1.29 is 9.53 Å². The molecule has 26 heavy (non-hydrogen) atoms. The summed E-state index contributed by atoms with van der Waals surface area (Å²) in [5.41, 5.74) is 2.74. The molecule has 5 nitrogen and oxygen atoms in total. The van der Waals surface area contributed by atoms with Gasteiger partial charge in [-0.2, -0.15) is 5.10 Å². The van der Waals surface area contributed by atoms with E-state index in [2.05, 4.69) is 5.32 Å². The fraction of sp³-hybridized carbons (Fsp3) is 0.238. The molecular formula is C21H23N3O2. The zero-order valence-corrected chi connectivity index (χ0v) is 14.9.